The number of anilines is 2. The van der Waals surface area contributed by atoms with Crippen LogP contribution in [0.5, 0.6) is 5.75 Å². The molecule has 0 saturated heterocycles. The van der Waals surface area contributed by atoms with E-state index < -0.39 is 0 Å². The van der Waals surface area contributed by atoms with Crippen molar-refractivity contribution in [3.63, 3.8) is 0 Å². The molecule has 0 fully saturated rings. The van der Waals surface area contributed by atoms with Crippen LogP contribution >= 0.6 is 11.3 Å². The van der Waals surface area contributed by atoms with E-state index in [1.54, 1.807) is 0 Å². The molecular weight excluding hydrogens is 456 g/mol. The first-order valence-corrected chi connectivity index (χ1v) is 13.1. The lowest BCUT2D eigenvalue weighted by atomic mass is 9.72. The van der Waals surface area contributed by atoms with Crippen LogP contribution in [-0.4, -0.2) is 18.4 Å². The largest absolute Gasteiger partial charge is 0.484 e. The number of carbonyl (C=O) groups excluding carboxylic acids is 2. The molecule has 2 aromatic carbocycles. The van der Waals surface area contributed by atoms with Crippen molar-refractivity contribution in [3.05, 3.63) is 76.2 Å². The van der Waals surface area contributed by atoms with Crippen molar-refractivity contribution in [1.82, 2.24) is 0 Å². The minimum Gasteiger partial charge on any atom is -0.484 e. The number of amides is 2. The number of nitrogens with one attached hydrogen (secondary N) is 2. The monoisotopic (exact) mass is 490 g/mol. The maximum absolute atomic E-state index is 13.6. The second-order valence-electron chi connectivity index (χ2n) is 10.1. The zero-order valence-electron chi connectivity index (χ0n) is 20.9. The van der Waals surface area contributed by atoms with Crippen LogP contribution in [0.15, 0.2) is 54.6 Å². The molecule has 1 aliphatic rings. The van der Waals surface area contributed by atoms with Crippen LogP contribution in [0.4, 0.5) is 10.7 Å². The summed E-state index contributed by atoms with van der Waals surface area (Å²) in [4.78, 5) is 27.6. The van der Waals surface area contributed by atoms with Crippen molar-refractivity contribution >= 4 is 33.8 Å². The molecule has 184 valence electrons. The number of benzene rings is 2. The molecule has 0 saturated carbocycles. The standard InChI is InChI=1S/C29H34N2O3S/c1-5-19-11-9-10-14-23(19)30-27(33)26-22-16-15-20(29(2,3)4)17-24(22)35-28(26)31-25(32)18-34-21-12-7-6-8-13-21/h6-14,20H,5,15-18H2,1-4H3,(H,30,33)(H,31,32). The second kappa shape index (κ2) is 10.6. The summed E-state index contributed by atoms with van der Waals surface area (Å²) in [5.41, 5.74) is 3.75. The van der Waals surface area contributed by atoms with Crippen LogP contribution in [0.25, 0.3) is 0 Å². The Bertz CT molecular complexity index is 1190. The van der Waals surface area contributed by atoms with Gasteiger partial charge in [0.1, 0.15) is 10.8 Å². The molecule has 1 atom stereocenters. The Hall–Kier alpha value is -3.12. The van der Waals surface area contributed by atoms with Crippen molar-refractivity contribution < 1.29 is 14.3 Å². The number of aryl methyl sites for hydroxylation is 1. The van der Waals surface area contributed by atoms with Crippen LogP contribution < -0.4 is 15.4 Å². The number of thiophene rings is 1. The second-order valence-corrected chi connectivity index (χ2v) is 11.2. The van der Waals surface area contributed by atoms with Crippen LogP contribution in [0.2, 0.25) is 0 Å². The van der Waals surface area contributed by atoms with Crippen LogP contribution in [0, 0.1) is 11.3 Å². The molecule has 35 heavy (non-hydrogen) atoms. The van der Waals surface area contributed by atoms with Gasteiger partial charge in [-0.3, -0.25) is 9.59 Å². The molecule has 0 aliphatic heterocycles. The molecule has 6 heteroatoms. The van der Waals surface area contributed by atoms with E-state index in [9.17, 15) is 9.59 Å². The molecule has 1 aromatic heterocycles. The van der Waals surface area contributed by atoms with Gasteiger partial charge in [0.25, 0.3) is 11.8 Å². The number of hydrogen-bond acceptors (Lipinski definition) is 4. The number of carbonyl (C=O) groups is 2. The van der Waals surface area contributed by atoms with E-state index in [1.807, 2.05) is 54.6 Å². The van der Waals surface area contributed by atoms with Gasteiger partial charge in [-0.2, -0.15) is 0 Å². The average Bonchev–Trinajstić information content (AvgIpc) is 3.20. The van der Waals surface area contributed by atoms with Gasteiger partial charge in [0.2, 0.25) is 0 Å². The minimum absolute atomic E-state index is 0.114. The fourth-order valence-corrected chi connectivity index (χ4v) is 5.96. The van der Waals surface area contributed by atoms with E-state index in [2.05, 4.69) is 38.3 Å². The molecular formula is C29H34N2O3S. The van der Waals surface area contributed by atoms with Gasteiger partial charge in [-0.05, 0) is 66.3 Å². The van der Waals surface area contributed by atoms with Gasteiger partial charge in [0.15, 0.2) is 6.61 Å². The Balaban J connectivity index is 1.60. The summed E-state index contributed by atoms with van der Waals surface area (Å²) in [6.07, 6.45) is 3.61. The maximum Gasteiger partial charge on any atom is 0.262 e. The highest BCUT2D eigenvalue weighted by molar-refractivity contribution is 7.17. The third kappa shape index (κ3) is 5.93. The first kappa shape index (κ1) is 25.0. The summed E-state index contributed by atoms with van der Waals surface area (Å²) in [6.45, 7) is 8.78. The van der Waals surface area contributed by atoms with Gasteiger partial charge in [0.05, 0.1) is 5.56 Å². The summed E-state index contributed by atoms with van der Waals surface area (Å²) in [7, 11) is 0. The summed E-state index contributed by atoms with van der Waals surface area (Å²) in [5, 5.41) is 6.70. The highest BCUT2D eigenvalue weighted by Crippen LogP contribution is 2.44. The van der Waals surface area contributed by atoms with E-state index in [1.165, 1.54) is 16.2 Å². The van der Waals surface area contributed by atoms with Crippen LogP contribution in [-0.2, 0) is 24.1 Å². The Labute approximate surface area is 211 Å². The highest BCUT2D eigenvalue weighted by atomic mass is 32.1. The highest BCUT2D eigenvalue weighted by Gasteiger charge is 2.34. The minimum atomic E-state index is -0.275. The van der Waals surface area contributed by atoms with Gasteiger partial charge in [-0.15, -0.1) is 11.3 Å². The SMILES string of the molecule is CCc1ccccc1NC(=O)c1c(NC(=O)COc2ccccc2)sc2c1CCC(C(C)(C)C)C2. The third-order valence-electron chi connectivity index (χ3n) is 6.73. The van der Waals surface area contributed by atoms with Gasteiger partial charge in [-0.1, -0.05) is 64.1 Å². The average molecular weight is 491 g/mol. The van der Waals surface area contributed by atoms with Gasteiger partial charge in [-0.25, -0.2) is 0 Å². The van der Waals surface area contributed by atoms with Gasteiger partial charge < -0.3 is 15.4 Å². The predicted octanol–water partition coefficient (Wildman–Crippen LogP) is 6.73. The van der Waals surface area contributed by atoms with E-state index in [0.29, 0.717) is 22.2 Å². The number of fused-ring (bicyclic) bond motifs is 1. The lowest BCUT2D eigenvalue weighted by Gasteiger charge is -2.33. The summed E-state index contributed by atoms with van der Waals surface area (Å²) in [5.74, 6) is 0.727. The molecule has 0 radical (unpaired) electrons. The Morgan fingerprint density at radius 1 is 1.03 bits per heavy atom. The lowest BCUT2D eigenvalue weighted by Crippen LogP contribution is -2.27. The number of rotatable bonds is 7. The summed E-state index contributed by atoms with van der Waals surface area (Å²) < 4.78 is 5.62. The van der Waals surface area contributed by atoms with E-state index in [0.717, 1.165) is 42.5 Å². The normalized spacial score (nSPS) is 15.3. The smallest absolute Gasteiger partial charge is 0.262 e. The van der Waals surface area contributed by atoms with Crippen molar-refractivity contribution in [3.8, 4) is 5.75 Å². The maximum atomic E-state index is 13.6. The molecule has 2 amide bonds. The fourth-order valence-electron chi connectivity index (χ4n) is 4.62. The quantitative estimate of drug-likeness (QED) is 0.386. The van der Waals surface area contributed by atoms with Crippen molar-refractivity contribution in [2.45, 2.75) is 53.4 Å². The first-order valence-electron chi connectivity index (χ1n) is 12.3. The fraction of sp³-hybridized carbons (Fsp3) is 0.379. The topological polar surface area (TPSA) is 67.4 Å². The van der Waals surface area contributed by atoms with Crippen molar-refractivity contribution in [2.24, 2.45) is 11.3 Å². The van der Waals surface area contributed by atoms with E-state index >= 15 is 0 Å². The van der Waals surface area contributed by atoms with Crippen LogP contribution in [0.3, 0.4) is 0 Å². The van der Waals surface area contributed by atoms with Crippen LogP contribution in [0.1, 0.15) is 60.5 Å². The van der Waals surface area contributed by atoms with Gasteiger partial charge >= 0.3 is 0 Å². The van der Waals surface area contributed by atoms with Crippen molar-refractivity contribution in [2.75, 3.05) is 17.2 Å². The molecule has 1 aliphatic carbocycles. The first-order chi connectivity index (χ1) is 16.8. The van der Waals surface area contributed by atoms with E-state index in [4.69, 9.17) is 4.74 Å². The molecule has 4 rings (SSSR count). The Kier molecular flexibility index (Phi) is 7.60. The predicted molar refractivity (Wildman–Crippen MR) is 144 cm³/mol. The Morgan fingerprint density at radius 3 is 2.46 bits per heavy atom. The molecule has 1 unspecified atom stereocenters. The summed E-state index contributed by atoms with van der Waals surface area (Å²) in [6, 6.07) is 17.1. The zero-order chi connectivity index (χ0) is 25.0. The summed E-state index contributed by atoms with van der Waals surface area (Å²) >= 11 is 1.53. The molecule has 0 bridgehead atoms. The molecule has 0 spiro atoms. The zero-order valence-corrected chi connectivity index (χ0v) is 21.8. The Morgan fingerprint density at radius 2 is 1.74 bits per heavy atom. The molecule has 3 aromatic rings. The molecule has 5 nitrogen and oxygen atoms in total. The molecule has 2 N–H and O–H groups in total. The lowest BCUT2D eigenvalue weighted by molar-refractivity contribution is -0.118. The number of ether oxygens (including phenoxy) is 1. The van der Waals surface area contributed by atoms with Crippen molar-refractivity contribution in [1.29, 1.82) is 0 Å². The van der Waals surface area contributed by atoms with Gasteiger partial charge in [0, 0.05) is 10.6 Å². The third-order valence-corrected chi connectivity index (χ3v) is 7.90. The van der Waals surface area contributed by atoms with E-state index in [-0.39, 0.29) is 23.8 Å². The number of hydrogen-bond donors (Lipinski definition) is 2. The number of para-hydroxylation sites is 2. The molecule has 1 heterocycles.